The first-order chi connectivity index (χ1) is 6.07. The van der Waals surface area contributed by atoms with Gasteiger partial charge in [0.2, 0.25) is 0 Å². The quantitative estimate of drug-likeness (QED) is 0.612. The van der Waals surface area contributed by atoms with Crippen LogP contribution >= 0.6 is 0 Å². The van der Waals surface area contributed by atoms with E-state index >= 15 is 0 Å². The van der Waals surface area contributed by atoms with Gasteiger partial charge in [0.05, 0.1) is 39.0 Å². The summed E-state index contributed by atoms with van der Waals surface area (Å²) >= 11 is 0. The number of nitrogens with zero attached hydrogens (tertiary/aromatic N) is 1. The van der Waals surface area contributed by atoms with Crippen LogP contribution in [0.25, 0.3) is 0 Å². The molecule has 0 aromatic heterocycles. The van der Waals surface area contributed by atoms with E-state index in [1.807, 2.05) is 0 Å². The number of hydrogen-bond acceptors (Lipinski definition) is 1. The number of unbranched alkanes of at least 4 members (excludes halogenated alkanes) is 1. The first-order valence-corrected chi connectivity index (χ1v) is 5.43. The molecule has 0 radical (unpaired) electrons. The Kier molecular flexibility index (Phi) is 3.48. The zero-order chi connectivity index (χ0) is 9.90. The SMILES string of the molecule is CCCC[N+]1(C)CCC(=O)C(C)C1. The number of piperidine rings is 1. The summed E-state index contributed by atoms with van der Waals surface area (Å²) < 4.78 is 1.11. The molecule has 13 heavy (non-hydrogen) atoms. The van der Waals surface area contributed by atoms with Crippen LogP contribution < -0.4 is 0 Å². The molecule has 0 amide bonds. The van der Waals surface area contributed by atoms with Crippen molar-refractivity contribution in [2.24, 2.45) is 5.92 Å². The van der Waals surface area contributed by atoms with Crippen LogP contribution in [-0.2, 0) is 4.79 Å². The summed E-state index contributed by atoms with van der Waals surface area (Å²) in [7, 11) is 2.29. The van der Waals surface area contributed by atoms with E-state index in [-0.39, 0.29) is 5.92 Å². The van der Waals surface area contributed by atoms with Gasteiger partial charge in [-0.3, -0.25) is 4.79 Å². The number of rotatable bonds is 3. The minimum Gasteiger partial charge on any atom is -0.325 e. The number of carbonyl (C=O) groups excluding carboxylic acids is 1. The molecule has 0 aromatic carbocycles. The summed E-state index contributed by atoms with van der Waals surface area (Å²) in [6, 6.07) is 0. The molecule has 1 rings (SSSR count). The van der Waals surface area contributed by atoms with Crippen molar-refractivity contribution in [3.63, 3.8) is 0 Å². The Hall–Kier alpha value is -0.370. The van der Waals surface area contributed by atoms with E-state index in [4.69, 9.17) is 0 Å². The summed E-state index contributed by atoms with van der Waals surface area (Å²) in [5.74, 6) is 0.753. The van der Waals surface area contributed by atoms with E-state index in [9.17, 15) is 4.79 Å². The van der Waals surface area contributed by atoms with Crippen LogP contribution in [0.15, 0.2) is 0 Å². The predicted octanol–water partition coefficient (Wildman–Crippen LogP) is 1.84. The monoisotopic (exact) mass is 184 g/mol. The molecule has 1 aliphatic rings. The molecule has 76 valence electrons. The zero-order valence-electron chi connectivity index (χ0n) is 9.18. The van der Waals surface area contributed by atoms with Crippen molar-refractivity contribution in [3.8, 4) is 0 Å². The van der Waals surface area contributed by atoms with E-state index in [0.717, 1.165) is 24.0 Å². The van der Waals surface area contributed by atoms with Gasteiger partial charge in [0.15, 0.2) is 0 Å². The third-order valence-corrected chi connectivity index (χ3v) is 3.21. The Morgan fingerprint density at radius 2 is 2.23 bits per heavy atom. The lowest BCUT2D eigenvalue weighted by Crippen LogP contribution is -2.53. The van der Waals surface area contributed by atoms with Crippen LogP contribution in [0.1, 0.15) is 33.1 Å². The van der Waals surface area contributed by atoms with Gasteiger partial charge in [0.25, 0.3) is 0 Å². The lowest BCUT2D eigenvalue weighted by Gasteiger charge is -2.39. The third kappa shape index (κ3) is 2.80. The van der Waals surface area contributed by atoms with Crippen LogP contribution in [0.2, 0.25) is 0 Å². The molecule has 0 aromatic rings. The van der Waals surface area contributed by atoms with Crippen LogP contribution in [0.4, 0.5) is 0 Å². The molecular weight excluding hydrogens is 162 g/mol. The zero-order valence-corrected chi connectivity index (χ0v) is 9.18. The Morgan fingerprint density at radius 3 is 2.77 bits per heavy atom. The maximum absolute atomic E-state index is 11.3. The van der Waals surface area contributed by atoms with Gasteiger partial charge in [-0.25, -0.2) is 0 Å². The average molecular weight is 184 g/mol. The third-order valence-electron chi connectivity index (χ3n) is 3.21. The Balaban J connectivity index is 2.46. The Labute approximate surface area is 81.5 Å². The molecule has 2 nitrogen and oxygen atoms in total. The fourth-order valence-corrected chi connectivity index (χ4v) is 2.22. The fraction of sp³-hybridized carbons (Fsp3) is 0.909. The van der Waals surface area contributed by atoms with Gasteiger partial charge >= 0.3 is 0 Å². The van der Waals surface area contributed by atoms with Crippen molar-refractivity contribution >= 4 is 5.78 Å². The summed E-state index contributed by atoms with van der Waals surface area (Å²) in [4.78, 5) is 11.3. The maximum atomic E-state index is 11.3. The van der Waals surface area contributed by atoms with Gasteiger partial charge in [-0.05, 0) is 6.42 Å². The summed E-state index contributed by atoms with van der Waals surface area (Å²) in [6.07, 6.45) is 3.34. The molecule has 2 atom stereocenters. The minimum atomic E-state index is 0.288. The molecule has 0 bridgehead atoms. The molecule has 0 N–H and O–H groups in total. The highest BCUT2D eigenvalue weighted by atomic mass is 16.1. The maximum Gasteiger partial charge on any atom is 0.146 e. The van der Waals surface area contributed by atoms with Crippen LogP contribution in [0.3, 0.4) is 0 Å². The van der Waals surface area contributed by atoms with Gasteiger partial charge in [-0.2, -0.15) is 0 Å². The van der Waals surface area contributed by atoms with Crippen molar-refractivity contribution in [2.75, 3.05) is 26.7 Å². The van der Waals surface area contributed by atoms with E-state index in [2.05, 4.69) is 20.9 Å². The highest BCUT2D eigenvalue weighted by Gasteiger charge is 2.33. The fourth-order valence-electron chi connectivity index (χ4n) is 2.22. The first-order valence-electron chi connectivity index (χ1n) is 5.43. The molecule has 2 unspecified atom stereocenters. The highest BCUT2D eigenvalue weighted by molar-refractivity contribution is 5.81. The van der Waals surface area contributed by atoms with E-state index in [0.29, 0.717) is 5.78 Å². The van der Waals surface area contributed by atoms with Crippen molar-refractivity contribution in [1.29, 1.82) is 0 Å². The van der Waals surface area contributed by atoms with Gasteiger partial charge in [0.1, 0.15) is 5.78 Å². The smallest absolute Gasteiger partial charge is 0.146 e. The molecule has 0 saturated carbocycles. The van der Waals surface area contributed by atoms with Crippen LogP contribution in [0.5, 0.6) is 0 Å². The second-order valence-corrected chi connectivity index (χ2v) is 4.72. The van der Waals surface area contributed by atoms with Gasteiger partial charge in [-0.15, -0.1) is 0 Å². The lowest BCUT2D eigenvalue weighted by atomic mass is 9.96. The topological polar surface area (TPSA) is 17.1 Å². The standard InChI is InChI=1S/C11H22NO/c1-4-5-7-12(3)8-6-11(13)10(2)9-12/h10H,4-9H2,1-3H3/q+1. The summed E-state index contributed by atoms with van der Waals surface area (Å²) in [5.41, 5.74) is 0. The largest absolute Gasteiger partial charge is 0.325 e. The normalized spacial score (nSPS) is 35.0. The van der Waals surface area contributed by atoms with Crippen LogP contribution in [-0.4, -0.2) is 36.9 Å². The molecule has 2 heteroatoms. The van der Waals surface area contributed by atoms with Crippen molar-refractivity contribution < 1.29 is 9.28 Å². The molecule has 0 aliphatic carbocycles. The van der Waals surface area contributed by atoms with Crippen molar-refractivity contribution in [2.45, 2.75) is 33.1 Å². The Morgan fingerprint density at radius 1 is 1.54 bits per heavy atom. The van der Waals surface area contributed by atoms with Crippen molar-refractivity contribution in [3.05, 3.63) is 0 Å². The van der Waals surface area contributed by atoms with E-state index in [1.54, 1.807) is 0 Å². The average Bonchev–Trinajstić information content (AvgIpc) is 2.09. The lowest BCUT2D eigenvalue weighted by molar-refractivity contribution is -0.913. The minimum absolute atomic E-state index is 0.288. The van der Waals surface area contributed by atoms with Crippen molar-refractivity contribution in [1.82, 2.24) is 0 Å². The molecular formula is C11H22NO+. The molecule has 1 aliphatic heterocycles. The molecule has 1 heterocycles. The number of likely N-dealkylation sites (tertiary alicyclic amines) is 1. The van der Waals surface area contributed by atoms with Gasteiger partial charge in [0, 0.05) is 0 Å². The second-order valence-electron chi connectivity index (χ2n) is 4.72. The number of ketones is 1. The number of hydrogen-bond donors (Lipinski definition) is 0. The van der Waals surface area contributed by atoms with Crippen LogP contribution in [0, 0.1) is 5.92 Å². The summed E-state index contributed by atoms with van der Waals surface area (Å²) in [5, 5.41) is 0. The Bertz CT molecular complexity index is 191. The highest BCUT2D eigenvalue weighted by Crippen LogP contribution is 2.19. The number of Topliss-reactive ketones (excluding diaryl/α,β-unsaturated/α-hetero) is 1. The molecule has 1 fully saturated rings. The molecule has 0 spiro atoms. The van der Waals surface area contributed by atoms with Gasteiger partial charge in [-0.1, -0.05) is 20.3 Å². The number of quaternary nitrogens is 1. The van der Waals surface area contributed by atoms with Gasteiger partial charge < -0.3 is 4.48 Å². The predicted molar refractivity (Wildman–Crippen MR) is 54.5 cm³/mol. The summed E-state index contributed by atoms with van der Waals surface area (Å²) in [6.45, 7) is 7.66. The number of carbonyl (C=O) groups is 1. The molecule has 1 saturated heterocycles. The first kappa shape index (κ1) is 10.7. The van der Waals surface area contributed by atoms with E-state index < -0.39 is 0 Å². The second kappa shape index (κ2) is 4.23. The van der Waals surface area contributed by atoms with E-state index in [1.165, 1.54) is 19.4 Å².